The first kappa shape index (κ1) is 19.1. The number of nitrogens with zero attached hydrogens (tertiary/aromatic N) is 2. The molecule has 0 saturated carbocycles. The first-order chi connectivity index (χ1) is 15.2. The molecular weight excluding hydrogens is 384 g/mol. The van der Waals surface area contributed by atoms with Crippen molar-refractivity contribution < 1.29 is 9.53 Å². The monoisotopic (exact) mass is 414 g/mol. The molecule has 2 aromatic carbocycles. The summed E-state index contributed by atoms with van der Waals surface area (Å²) in [5, 5.41) is 1.40. The van der Waals surface area contributed by atoms with Gasteiger partial charge in [0.05, 0.1) is 17.6 Å². The smallest absolute Gasteiger partial charge is 0.338 e. The maximum atomic E-state index is 12.7. The van der Waals surface area contributed by atoms with E-state index in [0.29, 0.717) is 18.2 Å². The summed E-state index contributed by atoms with van der Waals surface area (Å²) in [5.74, 6) is -0.219. The molecule has 3 aromatic rings. The Balaban J connectivity index is 1.44. The van der Waals surface area contributed by atoms with Crippen LogP contribution in [0, 0.1) is 5.41 Å². The van der Waals surface area contributed by atoms with Crippen LogP contribution in [0.1, 0.15) is 66.3 Å². The molecule has 0 radical (unpaired) electrons. The summed E-state index contributed by atoms with van der Waals surface area (Å²) < 4.78 is 8.48. The summed E-state index contributed by atoms with van der Waals surface area (Å²) >= 11 is 0. The summed E-state index contributed by atoms with van der Waals surface area (Å²) in [4.78, 5) is 15.5. The Labute approximate surface area is 183 Å². The second kappa shape index (κ2) is 7.23. The first-order valence-electron chi connectivity index (χ1n) is 11.8. The summed E-state index contributed by atoms with van der Waals surface area (Å²) in [6.07, 6.45) is 5.93. The lowest BCUT2D eigenvalue weighted by molar-refractivity contribution is -0.0445. The standard InChI is InChI=1S/C27H30N2O2/c1-2-27-14-8-15-28-16-13-22-21-11-6-7-12-23(21)29(24(22)25(27)28)20(17-27)18-31-26(30)19-9-4-3-5-10-19/h3-7,9-12,20,25H,2,8,13-18H2,1H3/t20-,25-,27+/m1/s1. The lowest BCUT2D eigenvalue weighted by Crippen LogP contribution is -2.53. The second-order valence-electron chi connectivity index (χ2n) is 9.58. The fraction of sp³-hybridized carbons (Fsp3) is 0.444. The summed E-state index contributed by atoms with van der Waals surface area (Å²) in [5.41, 5.74) is 5.27. The van der Waals surface area contributed by atoms with Crippen molar-refractivity contribution in [2.24, 2.45) is 5.41 Å². The van der Waals surface area contributed by atoms with Gasteiger partial charge in [-0.05, 0) is 67.8 Å². The number of hydrogen-bond acceptors (Lipinski definition) is 3. The van der Waals surface area contributed by atoms with Gasteiger partial charge in [-0.1, -0.05) is 43.3 Å². The SMILES string of the molecule is CC[C@]12CCCN3CCc4c(n(c5ccccc45)[C@@H](COC(=O)c4ccccc4)C1)[C@@H]32. The predicted molar refractivity (Wildman–Crippen MR) is 122 cm³/mol. The van der Waals surface area contributed by atoms with E-state index in [1.165, 1.54) is 54.5 Å². The van der Waals surface area contributed by atoms with Crippen LogP contribution in [0.15, 0.2) is 54.6 Å². The van der Waals surface area contributed by atoms with Crippen molar-refractivity contribution in [1.29, 1.82) is 0 Å². The Hall–Kier alpha value is -2.59. The molecule has 3 aliphatic rings. The fourth-order valence-electron chi connectivity index (χ4n) is 6.80. The van der Waals surface area contributed by atoms with Crippen molar-refractivity contribution in [2.75, 3.05) is 19.7 Å². The number of ether oxygens (including phenoxy) is 1. The lowest BCUT2D eigenvalue weighted by Gasteiger charge is -2.56. The molecule has 1 saturated heterocycles. The number of esters is 1. The quantitative estimate of drug-likeness (QED) is 0.526. The Morgan fingerprint density at radius 3 is 2.74 bits per heavy atom. The highest BCUT2D eigenvalue weighted by Gasteiger charge is 2.53. The molecule has 4 heteroatoms. The van der Waals surface area contributed by atoms with E-state index < -0.39 is 0 Å². The number of para-hydroxylation sites is 1. The maximum Gasteiger partial charge on any atom is 0.338 e. The van der Waals surface area contributed by atoms with Gasteiger partial charge in [0.15, 0.2) is 0 Å². The third-order valence-corrected chi connectivity index (χ3v) is 8.16. The molecule has 6 rings (SSSR count). The van der Waals surface area contributed by atoms with Gasteiger partial charge in [0.25, 0.3) is 0 Å². The van der Waals surface area contributed by atoms with Crippen LogP contribution in [0.5, 0.6) is 0 Å². The number of aromatic nitrogens is 1. The van der Waals surface area contributed by atoms with Crippen LogP contribution in [0.25, 0.3) is 10.9 Å². The number of piperidine rings is 1. The molecule has 0 unspecified atom stereocenters. The molecule has 4 nitrogen and oxygen atoms in total. The van der Waals surface area contributed by atoms with Crippen LogP contribution in [0.2, 0.25) is 0 Å². The van der Waals surface area contributed by atoms with E-state index in [2.05, 4.69) is 40.7 Å². The zero-order valence-electron chi connectivity index (χ0n) is 18.2. The Morgan fingerprint density at radius 2 is 1.90 bits per heavy atom. The van der Waals surface area contributed by atoms with E-state index >= 15 is 0 Å². The minimum absolute atomic E-state index is 0.190. The summed E-state index contributed by atoms with van der Waals surface area (Å²) in [7, 11) is 0. The highest BCUT2D eigenvalue weighted by molar-refractivity contribution is 5.89. The van der Waals surface area contributed by atoms with Crippen molar-refractivity contribution in [2.45, 2.75) is 51.1 Å². The number of carbonyl (C=O) groups excluding carboxylic acids is 1. The molecule has 3 aliphatic heterocycles. The maximum absolute atomic E-state index is 12.7. The van der Waals surface area contributed by atoms with E-state index in [-0.39, 0.29) is 17.4 Å². The number of carbonyl (C=O) groups is 1. The van der Waals surface area contributed by atoms with Gasteiger partial charge in [-0.2, -0.15) is 0 Å². The number of benzene rings is 2. The fourth-order valence-corrected chi connectivity index (χ4v) is 6.80. The Morgan fingerprint density at radius 1 is 1.10 bits per heavy atom. The van der Waals surface area contributed by atoms with Gasteiger partial charge >= 0.3 is 5.97 Å². The summed E-state index contributed by atoms with van der Waals surface area (Å²) in [6.45, 7) is 5.18. The molecule has 0 bridgehead atoms. The van der Waals surface area contributed by atoms with Crippen molar-refractivity contribution in [3.8, 4) is 0 Å². The number of hydrogen-bond donors (Lipinski definition) is 0. The van der Waals surface area contributed by atoms with Crippen molar-refractivity contribution in [3.63, 3.8) is 0 Å². The van der Waals surface area contributed by atoms with Crippen LogP contribution in [-0.4, -0.2) is 35.1 Å². The number of rotatable bonds is 4. The van der Waals surface area contributed by atoms with Crippen molar-refractivity contribution in [1.82, 2.24) is 9.47 Å². The largest absolute Gasteiger partial charge is 0.460 e. The Kier molecular flexibility index (Phi) is 4.46. The van der Waals surface area contributed by atoms with E-state index in [0.717, 1.165) is 12.8 Å². The molecule has 1 fully saturated rings. The first-order valence-corrected chi connectivity index (χ1v) is 11.8. The van der Waals surface area contributed by atoms with E-state index in [1.807, 2.05) is 30.3 Å². The van der Waals surface area contributed by atoms with E-state index in [9.17, 15) is 4.79 Å². The van der Waals surface area contributed by atoms with Crippen LogP contribution < -0.4 is 0 Å². The third kappa shape index (κ3) is 2.81. The molecule has 4 heterocycles. The molecule has 1 aromatic heterocycles. The number of fused-ring (bicyclic) bond motifs is 3. The normalized spacial score (nSPS) is 27.1. The molecule has 0 spiro atoms. The van der Waals surface area contributed by atoms with Crippen molar-refractivity contribution in [3.05, 3.63) is 71.4 Å². The average Bonchev–Trinajstić information content (AvgIpc) is 3.17. The van der Waals surface area contributed by atoms with Gasteiger partial charge in [0.1, 0.15) is 6.61 Å². The molecule has 31 heavy (non-hydrogen) atoms. The van der Waals surface area contributed by atoms with Crippen LogP contribution >= 0.6 is 0 Å². The molecule has 160 valence electrons. The molecular formula is C27H30N2O2. The minimum Gasteiger partial charge on any atom is -0.460 e. The zero-order valence-corrected chi connectivity index (χ0v) is 18.2. The third-order valence-electron chi connectivity index (χ3n) is 8.16. The molecule has 0 amide bonds. The average molecular weight is 415 g/mol. The highest BCUT2D eigenvalue weighted by Crippen LogP contribution is 2.59. The lowest BCUT2D eigenvalue weighted by atomic mass is 9.63. The minimum atomic E-state index is -0.219. The van der Waals surface area contributed by atoms with Gasteiger partial charge < -0.3 is 9.30 Å². The molecule has 0 N–H and O–H groups in total. The van der Waals surface area contributed by atoms with E-state index in [1.54, 1.807) is 0 Å². The second-order valence-corrected chi connectivity index (χ2v) is 9.58. The zero-order chi connectivity index (χ0) is 21.0. The summed E-state index contributed by atoms with van der Waals surface area (Å²) in [6, 6.07) is 18.9. The molecule has 0 aliphatic carbocycles. The van der Waals surface area contributed by atoms with Crippen LogP contribution in [0.3, 0.4) is 0 Å². The van der Waals surface area contributed by atoms with Crippen molar-refractivity contribution >= 4 is 16.9 Å². The predicted octanol–water partition coefficient (Wildman–Crippen LogP) is 5.53. The highest BCUT2D eigenvalue weighted by atomic mass is 16.5. The molecule has 3 atom stereocenters. The van der Waals surface area contributed by atoms with Gasteiger partial charge in [0.2, 0.25) is 0 Å². The topological polar surface area (TPSA) is 34.5 Å². The van der Waals surface area contributed by atoms with Crippen LogP contribution in [0.4, 0.5) is 0 Å². The van der Waals surface area contributed by atoms with Crippen LogP contribution in [-0.2, 0) is 11.2 Å². The van der Waals surface area contributed by atoms with Gasteiger partial charge in [-0.15, -0.1) is 0 Å². The van der Waals surface area contributed by atoms with Gasteiger partial charge in [-0.25, -0.2) is 4.79 Å². The Bertz CT molecular complexity index is 1130. The van der Waals surface area contributed by atoms with Gasteiger partial charge in [0, 0.05) is 23.1 Å². The van der Waals surface area contributed by atoms with E-state index in [4.69, 9.17) is 4.74 Å². The van der Waals surface area contributed by atoms with Gasteiger partial charge in [-0.3, -0.25) is 4.90 Å².